The van der Waals surface area contributed by atoms with E-state index in [-0.39, 0.29) is 0 Å². The van der Waals surface area contributed by atoms with Gasteiger partial charge in [-0.05, 0) is 53.9 Å². The summed E-state index contributed by atoms with van der Waals surface area (Å²) >= 11 is 6.14. The molecule has 0 fully saturated rings. The van der Waals surface area contributed by atoms with Crippen LogP contribution < -0.4 is 5.32 Å². The van der Waals surface area contributed by atoms with Gasteiger partial charge < -0.3 is 5.32 Å². The normalized spacial score (nSPS) is 10.8. The molecule has 4 heteroatoms. The third kappa shape index (κ3) is 3.78. The van der Waals surface area contributed by atoms with Crippen LogP contribution in [0.3, 0.4) is 0 Å². The summed E-state index contributed by atoms with van der Waals surface area (Å²) in [6, 6.07) is 8.87. The van der Waals surface area contributed by atoms with Gasteiger partial charge in [0.05, 0.1) is 0 Å². The molecule has 2 aromatic carbocycles. The van der Waals surface area contributed by atoms with Crippen molar-refractivity contribution >= 4 is 11.6 Å². The predicted molar refractivity (Wildman–Crippen MR) is 78.8 cm³/mol. The minimum Gasteiger partial charge on any atom is -0.313 e. The van der Waals surface area contributed by atoms with Crippen molar-refractivity contribution in [3.05, 3.63) is 58.6 Å². The number of halogens is 3. The summed E-state index contributed by atoms with van der Waals surface area (Å²) in [6.45, 7) is 3.62. The Morgan fingerprint density at radius 1 is 1.00 bits per heavy atom. The lowest BCUT2D eigenvalue weighted by atomic mass is 10.0. The van der Waals surface area contributed by atoms with Crippen molar-refractivity contribution in [3.8, 4) is 11.1 Å². The fourth-order valence-electron chi connectivity index (χ4n) is 2.01. The number of nitrogens with one attached hydrogen (secondary N) is 1. The first kappa shape index (κ1) is 14.9. The van der Waals surface area contributed by atoms with Crippen LogP contribution in [0.25, 0.3) is 11.1 Å². The van der Waals surface area contributed by atoms with E-state index in [0.717, 1.165) is 30.2 Å². The molecule has 0 bridgehead atoms. The molecule has 2 rings (SSSR count). The molecule has 1 N–H and O–H groups in total. The number of benzene rings is 2. The Kier molecular flexibility index (Phi) is 5.10. The van der Waals surface area contributed by atoms with Gasteiger partial charge in [-0.15, -0.1) is 0 Å². The lowest BCUT2D eigenvalue weighted by molar-refractivity contribution is 0.584. The van der Waals surface area contributed by atoms with Crippen LogP contribution in [0.4, 0.5) is 8.78 Å². The highest BCUT2D eigenvalue weighted by Crippen LogP contribution is 2.26. The van der Waals surface area contributed by atoms with E-state index in [1.807, 2.05) is 6.07 Å². The first-order valence-electron chi connectivity index (χ1n) is 6.55. The smallest absolute Gasteiger partial charge is 0.126 e. The van der Waals surface area contributed by atoms with Gasteiger partial charge in [-0.2, -0.15) is 0 Å². The van der Waals surface area contributed by atoms with E-state index in [1.165, 1.54) is 12.1 Å². The summed E-state index contributed by atoms with van der Waals surface area (Å²) in [4.78, 5) is 0. The number of rotatable bonds is 5. The van der Waals surface area contributed by atoms with Crippen LogP contribution >= 0.6 is 11.6 Å². The maximum Gasteiger partial charge on any atom is 0.126 e. The molecule has 0 amide bonds. The van der Waals surface area contributed by atoms with Gasteiger partial charge in [0.15, 0.2) is 0 Å². The molecule has 0 unspecified atom stereocenters. The van der Waals surface area contributed by atoms with Gasteiger partial charge in [0.2, 0.25) is 0 Å². The van der Waals surface area contributed by atoms with Gasteiger partial charge in [0, 0.05) is 17.6 Å². The van der Waals surface area contributed by atoms with Crippen molar-refractivity contribution in [2.45, 2.75) is 19.9 Å². The maximum absolute atomic E-state index is 13.3. The van der Waals surface area contributed by atoms with Crippen LogP contribution in [-0.4, -0.2) is 6.54 Å². The van der Waals surface area contributed by atoms with Crippen LogP contribution in [0.5, 0.6) is 0 Å². The zero-order valence-electron chi connectivity index (χ0n) is 11.2. The molecule has 0 atom stereocenters. The van der Waals surface area contributed by atoms with Crippen LogP contribution in [0.15, 0.2) is 36.4 Å². The van der Waals surface area contributed by atoms with Crippen LogP contribution in [0, 0.1) is 11.6 Å². The van der Waals surface area contributed by atoms with E-state index in [9.17, 15) is 8.78 Å². The molecule has 0 aromatic heterocycles. The second-order valence-electron chi connectivity index (χ2n) is 4.64. The van der Waals surface area contributed by atoms with E-state index >= 15 is 0 Å². The van der Waals surface area contributed by atoms with Crippen molar-refractivity contribution in [1.29, 1.82) is 0 Å². The summed E-state index contributed by atoms with van der Waals surface area (Å²) in [5.74, 6) is -1.17. The Balaban J connectivity index is 2.30. The zero-order chi connectivity index (χ0) is 14.5. The minimum atomic E-state index is -0.583. The van der Waals surface area contributed by atoms with Crippen LogP contribution in [-0.2, 0) is 6.54 Å². The molecule has 2 aromatic rings. The monoisotopic (exact) mass is 295 g/mol. The summed E-state index contributed by atoms with van der Waals surface area (Å²) in [5, 5.41) is 3.91. The van der Waals surface area contributed by atoms with Crippen molar-refractivity contribution < 1.29 is 8.78 Å². The molecule has 0 heterocycles. The third-order valence-corrected chi connectivity index (χ3v) is 3.35. The number of hydrogen-bond donors (Lipinski definition) is 1. The molecule has 1 nitrogen and oxygen atoms in total. The van der Waals surface area contributed by atoms with Gasteiger partial charge in [0.25, 0.3) is 0 Å². The molecule has 106 valence electrons. The van der Waals surface area contributed by atoms with Crippen molar-refractivity contribution in [3.63, 3.8) is 0 Å². The highest BCUT2D eigenvalue weighted by atomic mass is 35.5. The molecule has 0 radical (unpaired) electrons. The highest BCUT2D eigenvalue weighted by Gasteiger charge is 2.06. The first-order valence-corrected chi connectivity index (χ1v) is 6.93. The lowest BCUT2D eigenvalue weighted by Crippen LogP contribution is -2.14. The van der Waals surface area contributed by atoms with Crippen LogP contribution in [0.2, 0.25) is 5.02 Å². The quantitative estimate of drug-likeness (QED) is 0.782. The Labute approximate surface area is 122 Å². The van der Waals surface area contributed by atoms with E-state index in [2.05, 4.69) is 12.2 Å². The second-order valence-corrected chi connectivity index (χ2v) is 5.05. The molecule has 0 aliphatic rings. The standard InChI is InChI=1S/C16H16ClF2N/c1-2-5-20-10-13-6-11(3-4-16(13)17)12-7-14(18)9-15(19)8-12/h3-4,6-9,20H,2,5,10H2,1H3. The molecule has 0 saturated carbocycles. The third-order valence-electron chi connectivity index (χ3n) is 2.98. The van der Waals surface area contributed by atoms with Gasteiger partial charge in [0.1, 0.15) is 11.6 Å². The molecule has 0 aliphatic heterocycles. The molecular formula is C16H16ClF2N. The summed E-state index contributed by atoms with van der Waals surface area (Å²) < 4.78 is 26.5. The van der Waals surface area contributed by atoms with Gasteiger partial charge in [-0.1, -0.05) is 24.6 Å². The van der Waals surface area contributed by atoms with Gasteiger partial charge in [-0.3, -0.25) is 0 Å². The Morgan fingerprint density at radius 3 is 2.35 bits per heavy atom. The topological polar surface area (TPSA) is 12.0 Å². The lowest BCUT2D eigenvalue weighted by Gasteiger charge is -2.09. The molecule has 0 saturated heterocycles. The van der Waals surface area contributed by atoms with E-state index < -0.39 is 11.6 Å². The fraction of sp³-hybridized carbons (Fsp3) is 0.250. The minimum absolute atomic E-state index is 0.510. The van der Waals surface area contributed by atoms with Gasteiger partial charge >= 0.3 is 0 Å². The largest absolute Gasteiger partial charge is 0.313 e. The molecular weight excluding hydrogens is 280 g/mol. The first-order chi connectivity index (χ1) is 9.60. The van der Waals surface area contributed by atoms with E-state index in [1.54, 1.807) is 12.1 Å². The zero-order valence-corrected chi connectivity index (χ0v) is 12.0. The Bertz CT molecular complexity index is 579. The summed E-state index contributed by atoms with van der Waals surface area (Å²) in [7, 11) is 0. The average molecular weight is 296 g/mol. The fourth-order valence-corrected chi connectivity index (χ4v) is 2.19. The van der Waals surface area contributed by atoms with Crippen molar-refractivity contribution in [2.75, 3.05) is 6.54 Å². The van der Waals surface area contributed by atoms with Crippen LogP contribution in [0.1, 0.15) is 18.9 Å². The highest BCUT2D eigenvalue weighted by molar-refractivity contribution is 6.31. The van der Waals surface area contributed by atoms with Crippen molar-refractivity contribution in [1.82, 2.24) is 5.32 Å². The Morgan fingerprint density at radius 2 is 1.70 bits per heavy atom. The Hall–Kier alpha value is -1.45. The second kappa shape index (κ2) is 6.82. The van der Waals surface area contributed by atoms with Gasteiger partial charge in [-0.25, -0.2) is 8.78 Å². The SMILES string of the molecule is CCCNCc1cc(-c2cc(F)cc(F)c2)ccc1Cl. The predicted octanol–water partition coefficient (Wildman–Crippen LogP) is 4.78. The molecule has 0 aliphatic carbocycles. The van der Waals surface area contributed by atoms with E-state index in [4.69, 9.17) is 11.6 Å². The summed E-state index contributed by atoms with van der Waals surface area (Å²) in [6.07, 6.45) is 1.03. The molecule has 0 spiro atoms. The summed E-state index contributed by atoms with van der Waals surface area (Å²) in [5.41, 5.74) is 2.18. The van der Waals surface area contributed by atoms with E-state index in [0.29, 0.717) is 17.1 Å². The average Bonchev–Trinajstić information content (AvgIpc) is 2.40. The maximum atomic E-state index is 13.3. The number of hydrogen-bond acceptors (Lipinski definition) is 1. The van der Waals surface area contributed by atoms with Crippen molar-refractivity contribution in [2.24, 2.45) is 0 Å². The molecule has 20 heavy (non-hydrogen) atoms.